The van der Waals surface area contributed by atoms with E-state index < -0.39 is 0 Å². The number of esters is 1. The molecule has 0 N–H and O–H groups in total. The molecule has 0 aromatic heterocycles. The minimum atomic E-state index is -0.262. The summed E-state index contributed by atoms with van der Waals surface area (Å²) in [5, 5.41) is 0. The smallest absolute Gasteiger partial charge is 0.332 e. The van der Waals surface area contributed by atoms with Crippen LogP contribution in [-0.4, -0.2) is 39.0 Å². The molecule has 0 aromatic rings. The van der Waals surface area contributed by atoms with Crippen LogP contribution in [0.3, 0.4) is 0 Å². The summed E-state index contributed by atoms with van der Waals surface area (Å²) in [5.74, 6) is 0.191. The molecule has 15 heavy (non-hydrogen) atoms. The molecule has 1 atom stereocenters. The highest BCUT2D eigenvalue weighted by atomic mass is 16.6. The minimum Gasteiger partial charge on any atom is -0.464 e. The van der Waals surface area contributed by atoms with Crippen molar-refractivity contribution in [1.82, 2.24) is 0 Å². The fraction of sp³-hybridized carbons (Fsp3) is 0.909. The standard InChI is InChI=1S/C11H20O4/c1-2-3-5-15-11(12)9-14-8-10-4-6-13-7-10/h10H,2-9H2,1H3. The number of ether oxygens (including phenoxy) is 3. The lowest BCUT2D eigenvalue weighted by molar-refractivity contribution is -0.149. The number of carbonyl (C=O) groups is 1. The third kappa shape index (κ3) is 5.74. The molecule has 0 aromatic carbocycles. The van der Waals surface area contributed by atoms with Crippen molar-refractivity contribution in [2.45, 2.75) is 26.2 Å². The van der Waals surface area contributed by atoms with Gasteiger partial charge in [-0.05, 0) is 12.8 Å². The molecule has 4 nitrogen and oxygen atoms in total. The van der Waals surface area contributed by atoms with Crippen LogP contribution in [0.15, 0.2) is 0 Å². The zero-order valence-electron chi connectivity index (χ0n) is 9.37. The third-order valence-corrected chi connectivity index (χ3v) is 2.36. The van der Waals surface area contributed by atoms with Crippen LogP contribution in [0, 0.1) is 5.92 Å². The average Bonchev–Trinajstić information content (AvgIpc) is 2.71. The van der Waals surface area contributed by atoms with Gasteiger partial charge in [-0.15, -0.1) is 0 Å². The maximum Gasteiger partial charge on any atom is 0.332 e. The predicted molar refractivity (Wildman–Crippen MR) is 55.6 cm³/mol. The van der Waals surface area contributed by atoms with E-state index in [9.17, 15) is 4.79 Å². The second-order valence-corrected chi connectivity index (χ2v) is 3.82. The number of hydrogen-bond donors (Lipinski definition) is 0. The first kappa shape index (κ1) is 12.5. The van der Waals surface area contributed by atoms with Crippen molar-refractivity contribution < 1.29 is 19.0 Å². The Morgan fingerprint density at radius 3 is 3.07 bits per heavy atom. The minimum absolute atomic E-state index is 0.0697. The fourth-order valence-corrected chi connectivity index (χ4v) is 1.40. The number of hydrogen-bond acceptors (Lipinski definition) is 4. The lowest BCUT2D eigenvalue weighted by atomic mass is 10.1. The molecule has 0 saturated carbocycles. The van der Waals surface area contributed by atoms with Crippen LogP contribution in [0.1, 0.15) is 26.2 Å². The van der Waals surface area contributed by atoms with Crippen molar-refractivity contribution in [3.05, 3.63) is 0 Å². The van der Waals surface area contributed by atoms with Gasteiger partial charge in [0.15, 0.2) is 0 Å². The molecule has 0 bridgehead atoms. The van der Waals surface area contributed by atoms with Gasteiger partial charge in [-0.1, -0.05) is 13.3 Å². The summed E-state index contributed by atoms with van der Waals surface area (Å²) < 4.78 is 15.4. The largest absolute Gasteiger partial charge is 0.464 e. The van der Waals surface area contributed by atoms with E-state index in [4.69, 9.17) is 14.2 Å². The van der Waals surface area contributed by atoms with Gasteiger partial charge in [0.25, 0.3) is 0 Å². The summed E-state index contributed by atoms with van der Waals surface area (Å²) in [5.41, 5.74) is 0. The zero-order valence-corrected chi connectivity index (χ0v) is 9.37. The molecule has 0 aliphatic carbocycles. The van der Waals surface area contributed by atoms with Crippen LogP contribution in [0.25, 0.3) is 0 Å². The Kier molecular flexibility index (Phi) is 6.36. The molecule has 1 rings (SSSR count). The lowest BCUT2D eigenvalue weighted by Crippen LogP contribution is -2.17. The van der Waals surface area contributed by atoms with Gasteiger partial charge >= 0.3 is 5.97 Å². The van der Waals surface area contributed by atoms with Gasteiger partial charge in [0.2, 0.25) is 0 Å². The van der Waals surface area contributed by atoms with E-state index in [1.807, 2.05) is 0 Å². The topological polar surface area (TPSA) is 44.8 Å². The summed E-state index contributed by atoms with van der Waals surface area (Å²) in [6.45, 7) is 4.80. The number of unbranched alkanes of at least 4 members (excludes halogenated alkanes) is 1. The van der Waals surface area contributed by atoms with E-state index in [1.165, 1.54) is 0 Å². The van der Waals surface area contributed by atoms with Crippen LogP contribution in [0.5, 0.6) is 0 Å². The monoisotopic (exact) mass is 216 g/mol. The highest BCUT2D eigenvalue weighted by molar-refractivity contribution is 5.70. The van der Waals surface area contributed by atoms with Crippen LogP contribution in [0.2, 0.25) is 0 Å². The van der Waals surface area contributed by atoms with Crippen LogP contribution in [0.4, 0.5) is 0 Å². The summed E-state index contributed by atoms with van der Waals surface area (Å²) in [4.78, 5) is 11.1. The first-order valence-corrected chi connectivity index (χ1v) is 5.64. The molecule has 0 spiro atoms. The zero-order chi connectivity index (χ0) is 10.9. The summed E-state index contributed by atoms with van der Waals surface area (Å²) >= 11 is 0. The van der Waals surface area contributed by atoms with E-state index in [-0.39, 0.29) is 12.6 Å². The summed E-state index contributed by atoms with van der Waals surface area (Å²) in [6.07, 6.45) is 2.99. The molecule has 1 aliphatic rings. The Labute approximate surface area is 90.9 Å². The fourth-order valence-electron chi connectivity index (χ4n) is 1.40. The van der Waals surface area contributed by atoms with E-state index in [2.05, 4.69) is 6.92 Å². The Bertz CT molecular complexity index is 175. The Morgan fingerprint density at radius 1 is 1.53 bits per heavy atom. The van der Waals surface area contributed by atoms with Gasteiger partial charge in [0.1, 0.15) is 6.61 Å². The maximum atomic E-state index is 11.1. The first-order valence-electron chi connectivity index (χ1n) is 5.64. The highest BCUT2D eigenvalue weighted by Crippen LogP contribution is 2.11. The van der Waals surface area contributed by atoms with Crippen LogP contribution >= 0.6 is 0 Å². The summed E-state index contributed by atoms with van der Waals surface area (Å²) in [7, 11) is 0. The third-order valence-electron chi connectivity index (χ3n) is 2.36. The predicted octanol–water partition coefficient (Wildman–Crippen LogP) is 1.38. The van der Waals surface area contributed by atoms with Gasteiger partial charge < -0.3 is 14.2 Å². The Hall–Kier alpha value is -0.610. The average molecular weight is 216 g/mol. The molecule has 1 fully saturated rings. The number of rotatable bonds is 7. The van der Waals surface area contributed by atoms with Crippen molar-refractivity contribution in [3.8, 4) is 0 Å². The second-order valence-electron chi connectivity index (χ2n) is 3.82. The number of carbonyl (C=O) groups excluding carboxylic acids is 1. The van der Waals surface area contributed by atoms with Crippen molar-refractivity contribution >= 4 is 5.97 Å². The highest BCUT2D eigenvalue weighted by Gasteiger charge is 2.16. The van der Waals surface area contributed by atoms with E-state index in [1.54, 1.807) is 0 Å². The van der Waals surface area contributed by atoms with Crippen molar-refractivity contribution in [1.29, 1.82) is 0 Å². The van der Waals surface area contributed by atoms with Crippen molar-refractivity contribution in [3.63, 3.8) is 0 Å². The Balaban J connectivity index is 1.91. The lowest BCUT2D eigenvalue weighted by Gasteiger charge is -2.08. The van der Waals surface area contributed by atoms with Gasteiger partial charge in [-0.3, -0.25) is 0 Å². The normalized spacial score (nSPS) is 20.5. The first-order chi connectivity index (χ1) is 7.33. The molecule has 1 heterocycles. The van der Waals surface area contributed by atoms with E-state index in [0.29, 0.717) is 19.1 Å². The van der Waals surface area contributed by atoms with Crippen molar-refractivity contribution in [2.24, 2.45) is 5.92 Å². The molecule has 88 valence electrons. The SMILES string of the molecule is CCCCOC(=O)COCC1CCOC1. The van der Waals surface area contributed by atoms with Crippen LogP contribution in [-0.2, 0) is 19.0 Å². The van der Waals surface area contributed by atoms with E-state index >= 15 is 0 Å². The Morgan fingerprint density at radius 2 is 2.40 bits per heavy atom. The molecule has 1 aliphatic heterocycles. The van der Waals surface area contributed by atoms with Crippen molar-refractivity contribution in [2.75, 3.05) is 33.0 Å². The van der Waals surface area contributed by atoms with Gasteiger partial charge in [0.05, 0.1) is 19.8 Å². The van der Waals surface area contributed by atoms with E-state index in [0.717, 1.165) is 32.5 Å². The molecule has 0 radical (unpaired) electrons. The molecular formula is C11H20O4. The molecule has 1 saturated heterocycles. The second kappa shape index (κ2) is 7.65. The van der Waals surface area contributed by atoms with Crippen LogP contribution < -0.4 is 0 Å². The maximum absolute atomic E-state index is 11.1. The molecule has 4 heteroatoms. The molecule has 0 amide bonds. The van der Waals surface area contributed by atoms with Gasteiger partial charge in [-0.2, -0.15) is 0 Å². The molecular weight excluding hydrogens is 196 g/mol. The molecule has 1 unspecified atom stereocenters. The quantitative estimate of drug-likeness (QED) is 0.476. The van der Waals surface area contributed by atoms with Gasteiger partial charge in [-0.25, -0.2) is 4.79 Å². The summed E-state index contributed by atoms with van der Waals surface area (Å²) in [6, 6.07) is 0. The van der Waals surface area contributed by atoms with Gasteiger partial charge in [0, 0.05) is 12.5 Å².